The molecule has 1 unspecified atom stereocenters. The van der Waals surface area contributed by atoms with Crippen LogP contribution in [-0.2, 0) is 14.3 Å². The monoisotopic (exact) mass is 236 g/mol. The summed E-state index contributed by atoms with van der Waals surface area (Å²) < 4.78 is 9.37. The molecular weight excluding hydrogens is 224 g/mol. The summed E-state index contributed by atoms with van der Waals surface area (Å²) in [6.07, 6.45) is 1.01. The van der Waals surface area contributed by atoms with Crippen LogP contribution in [0.3, 0.4) is 0 Å². The first-order chi connectivity index (χ1) is 5.61. The lowest BCUT2D eigenvalue weighted by atomic mass is 10.2. The van der Waals surface area contributed by atoms with Crippen LogP contribution < -0.4 is 0 Å². The summed E-state index contributed by atoms with van der Waals surface area (Å²) in [7, 11) is 2.92. The van der Waals surface area contributed by atoms with E-state index in [9.17, 15) is 4.79 Å². The Bertz CT molecular complexity index is 168. The molecule has 0 aromatic heterocycles. The van der Waals surface area contributed by atoms with E-state index in [-0.39, 0.29) is 10.8 Å². The van der Waals surface area contributed by atoms with Crippen molar-refractivity contribution in [3.8, 4) is 0 Å². The Hall–Kier alpha value is -0.510. The molecule has 0 aliphatic carbocycles. The molecule has 0 aromatic rings. The normalized spacial score (nSPS) is 11.9. The summed E-state index contributed by atoms with van der Waals surface area (Å²) in [5, 5.41) is 0. The van der Waals surface area contributed by atoms with Gasteiger partial charge in [0.1, 0.15) is 5.76 Å². The Labute approximate surface area is 80.9 Å². The topological polar surface area (TPSA) is 35.5 Å². The van der Waals surface area contributed by atoms with Crippen LogP contribution in [0.4, 0.5) is 0 Å². The molecule has 0 heterocycles. The second-order valence-corrected chi connectivity index (χ2v) is 3.36. The predicted molar refractivity (Wildman–Crippen MR) is 50.1 cm³/mol. The number of alkyl halides is 1. The molecule has 3 nitrogen and oxygen atoms in total. The molecule has 0 fully saturated rings. The molecule has 0 spiro atoms. The van der Waals surface area contributed by atoms with Crippen molar-refractivity contribution in [2.45, 2.75) is 17.7 Å². The van der Waals surface area contributed by atoms with E-state index in [1.165, 1.54) is 7.11 Å². The smallest absolute Gasteiger partial charge is 0.305 e. The van der Waals surface area contributed by atoms with E-state index in [0.717, 1.165) is 0 Å². The minimum Gasteiger partial charge on any atom is -0.501 e. The van der Waals surface area contributed by atoms with Crippen molar-refractivity contribution in [2.75, 3.05) is 14.2 Å². The van der Waals surface area contributed by atoms with Gasteiger partial charge in [-0.1, -0.05) is 22.5 Å². The largest absolute Gasteiger partial charge is 0.501 e. The third-order valence-corrected chi connectivity index (χ3v) is 2.41. The van der Waals surface area contributed by atoms with Gasteiger partial charge in [0.25, 0.3) is 0 Å². The fourth-order valence-electron chi connectivity index (χ4n) is 0.636. The molecule has 0 N–H and O–H groups in total. The highest BCUT2D eigenvalue weighted by molar-refractivity contribution is 9.09. The van der Waals surface area contributed by atoms with Gasteiger partial charge in [0, 0.05) is 6.42 Å². The quantitative estimate of drug-likeness (QED) is 0.416. The molecule has 0 saturated carbocycles. The Balaban J connectivity index is 3.63. The lowest BCUT2D eigenvalue weighted by molar-refractivity contribution is -0.140. The number of carbonyl (C=O) groups is 1. The molecule has 0 aromatic carbocycles. The zero-order chi connectivity index (χ0) is 9.56. The molecule has 0 saturated heterocycles. The Morgan fingerprint density at radius 2 is 2.08 bits per heavy atom. The average Bonchev–Trinajstić information content (AvgIpc) is 2.11. The van der Waals surface area contributed by atoms with Crippen molar-refractivity contribution in [2.24, 2.45) is 0 Å². The van der Waals surface area contributed by atoms with Gasteiger partial charge in [-0.05, 0) is 6.42 Å². The first kappa shape index (κ1) is 11.5. The highest BCUT2D eigenvalue weighted by Crippen LogP contribution is 2.16. The number of allylic oxidation sites excluding steroid dienone is 1. The summed E-state index contributed by atoms with van der Waals surface area (Å²) in [5.41, 5.74) is 0. The minimum atomic E-state index is -0.219. The molecule has 0 bridgehead atoms. The second-order valence-electron chi connectivity index (χ2n) is 2.25. The van der Waals surface area contributed by atoms with Gasteiger partial charge in [-0.25, -0.2) is 0 Å². The molecule has 0 aliphatic heterocycles. The molecule has 4 heteroatoms. The molecule has 0 aliphatic rings. The third kappa shape index (κ3) is 4.38. The maximum Gasteiger partial charge on any atom is 0.305 e. The summed E-state index contributed by atoms with van der Waals surface area (Å²) in [6.45, 7) is 3.66. The van der Waals surface area contributed by atoms with Crippen molar-refractivity contribution >= 4 is 21.9 Å². The van der Waals surface area contributed by atoms with Gasteiger partial charge in [-0.2, -0.15) is 0 Å². The first-order valence-corrected chi connectivity index (χ1v) is 4.47. The van der Waals surface area contributed by atoms with Gasteiger partial charge < -0.3 is 9.47 Å². The van der Waals surface area contributed by atoms with Crippen LogP contribution in [0.1, 0.15) is 12.8 Å². The van der Waals surface area contributed by atoms with E-state index in [1.54, 1.807) is 7.11 Å². The van der Waals surface area contributed by atoms with Crippen molar-refractivity contribution < 1.29 is 14.3 Å². The van der Waals surface area contributed by atoms with E-state index in [2.05, 4.69) is 27.2 Å². The lowest BCUT2D eigenvalue weighted by Gasteiger charge is -2.10. The average molecular weight is 237 g/mol. The SMILES string of the molecule is C=C(OC)C(Br)CCC(=O)OC. The van der Waals surface area contributed by atoms with Crippen LogP contribution >= 0.6 is 15.9 Å². The summed E-state index contributed by atoms with van der Waals surface area (Å²) in [5.74, 6) is 0.405. The van der Waals surface area contributed by atoms with Crippen LogP contribution in [0.25, 0.3) is 0 Å². The number of halogens is 1. The first-order valence-electron chi connectivity index (χ1n) is 3.55. The van der Waals surface area contributed by atoms with Crippen molar-refractivity contribution in [1.29, 1.82) is 0 Å². The Morgan fingerprint density at radius 3 is 2.50 bits per heavy atom. The van der Waals surface area contributed by atoms with Gasteiger partial charge in [0.15, 0.2) is 0 Å². The Kier molecular flexibility index (Phi) is 5.80. The summed E-state index contributed by atoms with van der Waals surface area (Å²) >= 11 is 3.33. The molecule has 0 rings (SSSR count). The van der Waals surface area contributed by atoms with Crippen molar-refractivity contribution in [3.05, 3.63) is 12.3 Å². The molecule has 12 heavy (non-hydrogen) atoms. The number of esters is 1. The maximum atomic E-state index is 10.7. The molecular formula is C8H13BrO3. The fourth-order valence-corrected chi connectivity index (χ4v) is 1.05. The van der Waals surface area contributed by atoms with Crippen LogP contribution in [0.2, 0.25) is 0 Å². The number of hydrogen-bond donors (Lipinski definition) is 0. The van der Waals surface area contributed by atoms with Crippen molar-refractivity contribution in [1.82, 2.24) is 0 Å². The van der Waals surface area contributed by atoms with Gasteiger partial charge in [-0.15, -0.1) is 0 Å². The van der Waals surface area contributed by atoms with E-state index < -0.39 is 0 Å². The molecule has 0 amide bonds. The van der Waals surface area contributed by atoms with Gasteiger partial charge >= 0.3 is 5.97 Å². The van der Waals surface area contributed by atoms with E-state index >= 15 is 0 Å². The predicted octanol–water partition coefficient (Wildman–Crippen LogP) is 1.86. The number of rotatable bonds is 5. The van der Waals surface area contributed by atoms with Crippen LogP contribution in [0.5, 0.6) is 0 Å². The van der Waals surface area contributed by atoms with E-state index in [4.69, 9.17) is 4.74 Å². The molecule has 0 radical (unpaired) electrons. The standard InChI is InChI=1S/C8H13BrO3/c1-6(11-2)7(9)4-5-8(10)12-3/h7H,1,4-5H2,2-3H3. The number of carbonyl (C=O) groups excluding carboxylic acids is 1. The lowest BCUT2D eigenvalue weighted by Crippen LogP contribution is -2.08. The second kappa shape index (κ2) is 6.06. The number of methoxy groups -OCH3 is 2. The fraction of sp³-hybridized carbons (Fsp3) is 0.625. The van der Waals surface area contributed by atoms with Crippen molar-refractivity contribution in [3.63, 3.8) is 0 Å². The zero-order valence-corrected chi connectivity index (χ0v) is 8.89. The van der Waals surface area contributed by atoms with Crippen LogP contribution in [0, 0.1) is 0 Å². The van der Waals surface area contributed by atoms with Gasteiger partial charge in [-0.3, -0.25) is 4.79 Å². The number of hydrogen-bond acceptors (Lipinski definition) is 3. The van der Waals surface area contributed by atoms with Gasteiger partial charge in [0.05, 0.1) is 19.0 Å². The van der Waals surface area contributed by atoms with Crippen LogP contribution in [0.15, 0.2) is 12.3 Å². The van der Waals surface area contributed by atoms with E-state index in [1.807, 2.05) is 0 Å². The highest BCUT2D eigenvalue weighted by atomic mass is 79.9. The van der Waals surface area contributed by atoms with Gasteiger partial charge in [0.2, 0.25) is 0 Å². The molecule has 70 valence electrons. The molecule has 1 atom stereocenters. The highest BCUT2D eigenvalue weighted by Gasteiger charge is 2.11. The summed E-state index contributed by atoms with van der Waals surface area (Å²) in [4.78, 5) is 10.7. The minimum absolute atomic E-state index is 0.0154. The maximum absolute atomic E-state index is 10.7. The Morgan fingerprint density at radius 1 is 1.50 bits per heavy atom. The zero-order valence-electron chi connectivity index (χ0n) is 7.30. The number of ether oxygens (including phenoxy) is 2. The third-order valence-electron chi connectivity index (χ3n) is 1.44. The van der Waals surface area contributed by atoms with Crippen LogP contribution in [-0.4, -0.2) is 25.0 Å². The summed E-state index contributed by atoms with van der Waals surface area (Å²) in [6, 6.07) is 0. The van der Waals surface area contributed by atoms with E-state index in [0.29, 0.717) is 18.6 Å².